The highest BCUT2D eigenvalue weighted by Crippen LogP contribution is 2.50. The summed E-state index contributed by atoms with van der Waals surface area (Å²) >= 11 is 0. The average molecular weight is 460 g/mol. The molecule has 3 aromatic rings. The van der Waals surface area contributed by atoms with Gasteiger partial charge in [0.05, 0.1) is 12.8 Å². The number of aryl methyl sites for hydroxylation is 1. The molecule has 0 radical (unpaired) electrons. The first-order valence-corrected chi connectivity index (χ1v) is 12.0. The van der Waals surface area contributed by atoms with Crippen LogP contribution in [0.1, 0.15) is 53.4 Å². The Labute approximate surface area is 200 Å². The number of carbonyl (C=O) groups is 1. The summed E-state index contributed by atoms with van der Waals surface area (Å²) in [5.74, 6) is 0.788. The van der Waals surface area contributed by atoms with Crippen LogP contribution in [0, 0.1) is 11.7 Å². The minimum Gasteiger partial charge on any atom is -0.508 e. The molecule has 4 nitrogen and oxygen atoms in total. The van der Waals surface area contributed by atoms with Crippen LogP contribution in [0.4, 0.5) is 10.1 Å². The van der Waals surface area contributed by atoms with Crippen LogP contribution in [0.5, 0.6) is 11.5 Å². The lowest BCUT2D eigenvalue weighted by Gasteiger charge is -2.36. The first kappa shape index (κ1) is 22.5. The summed E-state index contributed by atoms with van der Waals surface area (Å²) in [6.45, 7) is 1.31. The van der Waals surface area contributed by atoms with Gasteiger partial charge in [0.2, 0.25) is 0 Å². The fourth-order valence-electron chi connectivity index (χ4n) is 5.75. The number of methoxy groups -OCH3 is 1. The third-order valence-electron chi connectivity index (χ3n) is 7.52. The van der Waals surface area contributed by atoms with Crippen molar-refractivity contribution >= 4 is 12.0 Å². The van der Waals surface area contributed by atoms with Crippen molar-refractivity contribution in [1.29, 1.82) is 0 Å². The number of benzene rings is 3. The van der Waals surface area contributed by atoms with Gasteiger partial charge in [-0.05, 0) is 66.5 Å². The van der Waals surface area contributed by atoms with E-state index in [1.807, 2.05) is 41.3 Å². The van der Waals surface area contributed by atoms with E-state index >= 15 is 4.39 Å². The number of aldehydes is 1. The molecule has 1 heterocycles. The predicted molar refractivity (Wildman–Crippen MR) is 131 cm³/mol. The van der Waals surface area contributed by atoms with Gasteiger partial charge in [0.15, 0.2) is 0 Å². The minimum atomic E-state index is -0.266. The normalized spacial score (nSPS) is 20.6. The summed E-state index contributed by atoms with van der Waals surface area (Å²) < 4.78 is 21.5. The third-order valence-corrected chi connectivity index (χ3v) is 7.52. The molecule has 0 bridgehead atoms. The van der Waals surface area contributed by atoms with Crippen molar-refractivity contribution in [2.75, 3.05) is 25.1 Å². The Kier molecular flexibility index (Phi) is 6.27. The fourth-order valence-corrected chi connectivity index (χ4v) is 5.75. The predicted octanol–water partition coefficient (Wildman–Crippen LogP) is 5.82. The van der Waals surface area contributed by atoms with Gasteiger partial charge in [-0.1, -0.05) is 36.4 Å². The van der Waals surface area contributed by atoms with Crippen LogP contribution in [0.2, 0.25) is 0 Å². The molecule has 2 aliphatic rings. The average Bonchev–Trinajstić information content (AvgIpc) is 2.88. The van der Waals surface area contributed by atoms with Crippen molar-refractivity contribution < 1.29 is 19.0 Å². The molecule has 0 saturated carbocycles. The largest absolute Gasteiger partial charge is 0.508 e. The monoisotopic (exact) mass is 459 g/mol. The zero-order valence-corrected chi connectivity index (χ0v) is 19.4. The summed E-state index contributed by atoms with van der Waals surface area (Å²) in [4.78, 5) is 13.1. The molecule has 5 heteroatoms. The molecule has 1 aliphatic carbocycles. The lowest BCUT2D eigenvalue weighted by molar-refractivity contribution is -0.111. The molecule has 2 atom stereocenters. The van der Waals surface area contributed by atoms with Gasteiger partial charge in [0, 0.05) is 36.6 Å². The molecule has 0 aromatic heterocycles. The second kappa shape index (κ2) is 9.49. The van der Waals surface area contributed by atoms with Crippen LogP contribution in [0.25, 0.3) is 0 Å². The molecular formula is C29H30FNO3. The van der Waals surface area contributed by atoms with E-state index in [2.05, 4.69) is 12.1 Å². The number of hydrogen-bond donors (Lipinski definition) is 1. The molecule has 176 valence electrons. The Hall–Kier alpha value is -3.34. The summed E-state index contributed by atoms with van der Waals surface area (Å²) in [5.41, 5.74) is 4.78. The van der Waals surface area contributed by atoms with Crippen LogP contribution >= 0.6 is 0 Å². The number of anilines is 1. The number of hydrogen-bond acceptors (Lipinski definition) is 4. The van der Waals surface area contributed by atoms with Gasteiger partial charge in [-0.25, -0.2) is 4.39 Å². The summed E-state index contributed by atoms with van der Waals surface area (Å²) in [6, 6.07) is 19.4. The highest BCUT2D eigenvalue weighted by Gasteiger charge is 2.35. The number of piperidine rings is 1. The smallest absolute Gasteiger partial charge is 0.147 e. The van der Waals surface area contributed by atoms with Gasteiger partial charge in [-0.15, -0.1) is 0 Å². The van der Waals surface area contributed by atoms with E-state index in [4.69, 9.17) is 4.74 Å². The van der Waals surface area contributed by atoms with E-state index in [-0.39, 0.29) is 29.3 Å². The van der Waals surface area contributed by atoms with Crippen LogP contribution in [0.3, 0.4) is 0 Å². The number of nitrogens with zero attached hydrogens (tertiary/aromatic N) is 1. The maximum absolute atomic E-state index is 15.6. The second-order valence-corrected chi connectivity index (χ2v) is 9.42. The highest BCUT2D eigenvalue weighted by atomic mass is 19.1. The van der Waals surface area contributed by atoms with Crippen molar-refractivity contribution in [3.63, 3.8) is 0 Å². The van der Waals surface area contributed by atoms with Crippen LogP contribution in [-0.4, -0.2) is 31.6 Å². The summed E-state index contributed by atoms with van der Waals surface area (Å²) in [7, 11) is 1.64. The van der Waals surface area contributed by atoms with Crippen molar-refractivity contribution in [2.24, 2.45) is 5.92 Å². The number of halogens is 1. The maximum atomic E-state index is 15.6. The summed E-state index contributed by atoms with van der Waals surface area (Å²) in [5, 5.41) is 10.1. The van der Waals surface area contributed by atoms with E-state index < -0.39 is 0 Å². The first-order chi connectivity index (χ1) is 16.6. The van der Waals surface area contributed by atoms with Gasteiger partial charge >= 0.3 is 0 Å². The molecule has 1 fully saturated rings. The zero-order valence-electron chi connectivity index (χ0n) is 19.4. The van der Waals surface area contributed by atoms with E-state index in [9.17, 15) is 9.90 Å². The lowest BCUT2D eigenvalue weighted by atomic mass is 9.69. The first-order valence-electron chi connectivity index (χ1n) is 12.0. The van der Waals surface area contributed by atoms with E-state index in [1.54, 1.807) is 19.2 Å². The van der Waals surface area contributed by atoms with E-state index in [0.29, 0.717) is 24.5 Å². The molecule has 1 N–H and O–H groups in total. The number of carbonyl (C=O) groups excluding carboxylic acids is 1. The number of phenolic OH excluding ortho intramolecular Hbond substituents is 1. The van der Waals surface area contributed by atoms with Gasteiger partial charge < -0.3 is 19.5 Å². The van der Waals surface area contributed by atoms with Gasteiger partial charge in [-0.3, -0.25) is 0 Å². The quantitative estimate of drug-likeness (QED) is 0.489. The molecule has 5 rings (SSSR count). The molecule has 0 spiro atoms. The topological polar surface area (TPSA) is 49.8 Å². The number of aromatic hydroxyl groups is 1. The third kappa shape index (κ3) is 4.15. The fraction of sp³-hybridized carbons (Fsp3) is 0.345. The Morgan fingerprint density at radius 1 is 1.00 bits per heavy atom. The molecule has 1 aliphatic heterocycles. The van der Waals surface area contributed by atoms with Gasteiger partial charge in [0.25, 0.3) is 0 Å². The minimum absolute atomic E-state index is 0.0577. The molecule has 34 heavy (non-hydrogen) atoms. The molecule has 1 saturated heterocycles. The van der Waals surface area contributed by atoms with Crippen molar-refractivity contribution in [3.8, 4) is 11.5 Å². The van der Waals surface area contributed by atoms with Crippen molar-refractivity contribution in [2.45, 2.75) is 37.5 Å². The Morgan fingerprint density at radius 3 is 2.47 bits per heavy atom. The van der Waals surface area contributed by atoms with Crippen LogP contribution < -0.4 is 9.64 Å². The number of phenols is 1. The van der Waals surface area contributed by atoms with E-state index in [0.717, 1.165) is 48.7 Å². The Bertz CT molecular complexity index is 1170. The molecule has 2 unspecified atom stereocenters. The summed E-state index contributed by atoms with van der Waals surface area (Å²) in [6.07, 6.45) is 4.25. The van der Waals surface area contributed by atoms with Gasteiger partial charge in [0.1, 0.15) is 23.6 Å². The highest BCUT2D eigenvalue weighted by molar-refractivity contribution is 5.60. The van der Waals surface area contributed by atoms with E-state index in [1.165, 1.54) is 5.56 Å². The SMILES string of the molecule is COc1cc(N2CCC(C=O)CC2)c(F)cc1C1c2ccc(O)cc2CCC1c1ccccc1. The Morgan fingerprint density at radius 2 is 1.76 bits per heavy atom. The Balaban J connectivity index is 1.60. The number of ether oxygens (including phenoxy) is 1. The standard InChI is InChI=1S/C29H30FNO3/c1-34-28-17-27(31-13-11-19(18-32)12-14-31)26(30)16-25(28)29-23(20-5-3-2-4-6-20)9-7-21-15-22(33)8-10-24(21)29/h2-6,8,10,15-19,23,29,33H,7,9,11-14H2,1H3. The van der Waals surface area contributed by atoms with Crippen molar-refractivity contribution in [1.82, 2.24) is 0 Å². The maximum Gasteiger partial charge on any atom is 0.147 e. The molecule has 3 aromatic carbocycles. The number of rotatable bonds is 5. The number of fused-ring (bicyclic) bond motifs is 1. The van der Waals surface area contributed by atoms with Crippen molar-refractivity contribution in [3.05, 3.63) is 88.7 Å². The molecular weight excluding hydrogens is 429 g/mol. The van der Waals surface area contributed by atoms with Gasteiger partial charge in [-0.2, -0.15) is 0 Å². The zero-order chi connectivity index (χ0) is 23.7. The second-order valence-electron chi connectivity index (χ2n) is 9.42. The lowest BCUT2D eigenvalue weighted by Crippen LogP contribution is -2.34. The molecule has 0 amide bonds. The van der Waals surface area contributed by atoms with Crippen LogP contribution in [-0.2, 0) is 11.2 Å². The van der Waals surface area contributed by atoms with Crippen LogP contribution in [0.15, 0.2) is 60.7 Å².